The van der Waals surface area contributed by atoms with Crippen molar-refractivity contribution < 1.29 is 9.53 Å². The molecule has 3 rings (SSSR count). The van der Waals surface area contributed by atoms with Crippen molar-refractivity contribution in [2.75, 3.05) is 0 Å². The first-order chi connectivity index (χ1) is 11.7. The van der Waals surface area contributed by atoms with Gasteiger partial charge in [-0.05, 0) is 24.8 Å². The van der Waals surface area contributed by atoms with Gasteiger partial charge in [0.05, 0.1) is 6.04 Å². The fourth-order valence-electron chi connectivity index (χ4n) is 2.86. The third-order valence-corrected chi connectivity index (χ3v) is 5.16. The number of amides is 1. The van der Waals surface area contributed by atoms with Crippen molar-refractivity contribution in [1.29, 1.82) is 0 Å². The summed E-state index contributed by atoms with van der Waals surface area (Å²) in [6, 6.07) is 10.6. The van der Waals surface area contributed by atoms with Crippen molar-refractivity contribution in [3.05, 3.63) is 52.5 Å². The zero-order chi connectivity index (χ0) is 16.8. The topological polar surface area (TPSA) is 63.2 Å². The number of ether oxygens (including phenoxy) is 1. The average molecular weight is 345 g/mol. The van der Waals surface area contributed by atoms with Crippen LogP contribution in [-0.2, 0) is 11.3 Å². The number of benzene rings is 1. The Hall–Kier alpha value is -1.92. The predicted molar refractivity (Wildman–Crippen MR) is 94.9 cm³/mol. The number of carbonyl (C=O) groups excluding carboxylic acids is 1. The van der Waals surface area contributed by atoms with E-state index < -0.39 is 0 Å². The van der Waals surface area contributed by atoms with Gasteiger partial charge in [0.1, 0.15) is 11.6 Å². The molecule has 1 aromatic heterocycles. The average Bonchev–Trinajstić information content (AvgIpc) is 3.10. The van der Waals surface area contributed by atoms with Crippen LogP contribution in [0.15, 0.2) is 41.9 Å². The maximum Gasteiger partial charge on any atom is 0.407 e. The summed E-state index contributed by atoms with van der Waals surface area (Å²) in [6.45, 7) is 2.47. The van der Waals surface area contributed by atoms with Crippen LogP contribution in [-0.4, -0.2) is 23.2 Å². The van der Waals surface area contributed by atoms with Gasteiger partial charge in [-0.2, -0.15) is 0 Å². The highest BCUT2D eigenvalue weighted by atomic mass is 32.1. The van der Waals surface area contributed by atoms with Gasteiger partial charge >= 0.3 is 6.09 Å². The summed E-state index contributed by atoms with van der Waals surface area (Å²) in [7, 11) is 0. The summed E-state index contributed by atoms with van der Waals surface area (Å²) in [5.74, 6) is 0. The summed E-state index contributed by atoms with van der Waals surface area (Å²) in [6.07, 6.45) is 4.39. The van der Waals surface area contributed by atoms with Crippen molar-refractivity contribution in [3.63, 3.8) is 0 Å². The minimum atomic E-state index is -0.339. The number of hydrogen-bond donors (Lipinski definition) is 2. The van der Waals surface area contributed by atoms with Crippen LogP contribution in [0.3, 0.4) is 0 Å². The third-order valence-electron chi connectivity index (χ3n) is 4.27. The molecule has 128 valence electrons. The van der Waals surface area contributed by atoms with Gasteiger partial charge in [-0.1, -0.05) is 37.3 Å². The summed E-state index contributed by atoms with van der Waals surface area (Å²) in [5, 5.41) is 9.69. The summed E-state index contributed by atoms with van der Waals surface area (Å²) in [4.78, 5) is 16.2. The number of carbonyl (C=O) groups is 1. The molecule has 1 fully saturated rings. The van der Waals surface area contributed by atoms with Crippen molar-refractivity contribution >= 4 is 17.4 Å². The van der Waals surface area contributed by atoms with Crippen molar-refractivity contribution in [3.8, 4) is 0 Å². The fourth-order valence-corrected chi connectivity index (χ4v) is 3.64. The minimum Gasteiger partial charge on any atom is -0.445 e. The van der Waals surface area contributed by atoms with Gasteiger partial charge in [0.25, 0.3) is 0 Å². The zero-order valence-electron chi connectivity index (χ0n) is 13.8. The molecule has 5 nitrogen and oxygen atoms in total. The number of nitrogens with zero attached hydrogens (tertiary/aromatic N) is 1. The lowest BCUT2D eigenvalue weighted by molar-refractivity contribution is 0.124. The quantitative estimate of drug-likeness (QED) is 0.804. The highest BCUT2D eigenvalue weighted by Crippen LogP contribution is 2.26. The van der Waals surface area contributed by atoms with Gasteiger partial charge in [-0.3, -0.25) is 0 Å². The van der Waals surface area contributed by atoms with E-state index in [-0.39, 0.29) is 12.1 Å². The zero-order valence-corrected chi connectivity index (χ0v) is 14.6. The van der Waals surface area contributed by atoms with Gasteiger partial charge in [0, 0.05) is 23.7 Å². The molecule has 0 aliphatic heterocycles. The van der Waals surface area contributed by atoms with E-state index >= 15 is 0 Å². The largest absolute Gasteiger partial charge is 0.445 e. The summed E-state index contributed by atoms with van der Waals surface area (Å²) < 4.78 is 5.25. The van der Waals surface area contributed by atoms with Crippen LogP contribution in [0.4, 0.5) is 4.79 Å². The van der Waals surface area contributed by atoms with E-state index in [1.807, 2.05) is 41.9 Å². The predicted octanol–water partition coefficient (Wildman–Crippen LogP) is 3.64. The Kier molecular flexibility index (Phi) is 5.82. The minimum absolute atomic E-state index is 0.194. The number of rotatable bonds is 7. The Morgan fingerprint density at radius 2 is 2.12 bits per heavy atom. The Balaban J connectivity index is 1.35. The van der Waals surface area contributed by atoms with Crippen molar-refractivity contribution in [1.82, 2.24) is 15.6 Å². The second kappa shape index (κ2) is 8.26. The van der Waals surface area contributed by atoms with Gasteiger partial charge < -0.3 is 15.4 Å². The van der Waals surface area contributed by atoms with Crippen LogP contribution in [0.2, 0.25) is 0 Å². The van der Waals surface area contributed by atoms with Crippen LogP contribution in [0, 0.1) is 0 Å². The highest BCUT2D eigenvalue weighted by molar-refractivity contribution is 7.09. The lowest BCUT2D eigenvalue weighted by atomic mass is 9.86. The van der Waals surface area contributed by atoms with Gasteiger partial charge in [0.15, 0.2) is 0 Å². The van der Waals surface area contributed by atoms with Crippen LogP contribution in [0.1, 0.15) is 42.8 Å². The molecule has 1 aliphatic rings. The molecule has 6 heteroatoms. The van der Waals surface area contributed by atoms with E-state index in [9.17, 15) is 4.79 Å². The second-order valence-electron chi connectivity index (χ2n) is 6.07. The van der Waals surface area contributed by atoms with E-state index in [1.165, 1.54) is 0 Å². The van der Waals surface area contributed by atoms with E-state index in [0.717, 1.165) is 29.8 Å². The molecule has 0 spiro atoms. The monoisotopic (exact) mass is 345 g/mol. The fraction of sp³-hybridized carbons (Fsp3) is 0.444. The molecule has 1 aromatic carbocycles. The normalized spacial score (nSPS) is 20.9. The molecule has 1 aliphatic carbocycles. The first-order valence-electron chi connectivity index (χ1n) is 8.37. The molecule has 1 unspecified atom stereocenters. The highest BCUT2D eigenvalue weighted by Gasteiger charge is 2.32. The molecule has 0 radical (unpaired) electrons. The van der Waals surface area contributed by atoms with Crippen molar-refractivity contribution in [2.45, 2.75) is 50.9 Å². The van der Waals surface area contributed by atoms with Gasteiger partial charge in [-0.25, -0.2) is 9.78 Å². The molecule has 24 heavy (non-hydrogen) atoms. The molecular formula is C18H23N3O2S. The maximum absolute atomic E-state index is 11.8. The lowest BCUT2D eigenvalue weighted by Gasteiger charge is -2.38. The molecule has 0 saturated heterocycles. The second-order valence-corrected chi connectivity index (χ2v) is 7.00. The smallest absolute Gasteiger partial charge is 0.407 e. The van der Waals surface area contributed by atoms with E-state index in [2.05, 4.69) is 22.5 Å². The number of nitrogens with one attached hydrogen (secondary N) is 2. The molecule has 1 atom stereocenters. The van der Waals surface area contributed by atoms with Gasteiger partial charge in [-0.15, -0.1) is 11.3 Å². The van der Waals surface area contributed by atoms with Crippen LogP contribution < -0.4 is 10.6 Å². The third kappa shape index (κ3) is 4.55. The molecule has 0 bridgehead atoms. The molecule has 1 amide bonds. The van der Waals surface area contributed by atoms with E-state index in [1.54, 1.807) is 11.3 Å². The number of hydrogen-bond acceptors (Lipinski definition) is 5. The van der Waals surface area contributed by atoms with Crippen molar-refractivity contribution in [2.24, 2.45) is 0 Å². The van der Waals surface area contributed by atoms with E-state index in [0.29, 0.717) is 18.7 Å². The first-order valence-corrected chi connectivity index (χ1v) is 9.25. The Bertz CT molecular complexity index is 627. The molecule has 2 aromatic rings. The standard InChI is InChI=1S/C18H23N3O2S/c1-2-16(17-19-8-9-24-17)20-14-10-15(11-14)21-18(22)23-12-13-6-4-3-5-7-13/h3-9,14-16,20H,2,10-12H2,1H3,(H,21,22). The maximum atomic E-state index is 11.8. The summed E-state index contributed by atoms with van der Waals surface area (Å²) in [5.41, 5.74) is 0.995. The van der Waals surface area contributed by atoms with E-state index in [4.69, 9.17) is 4.74 Å². The number of alkyl carbamates (subject to hydrolysis) is 1. The number of aromatic nitrogens is 1. The van der Waals surface area contributed by atoms with Gasteiger partial charge in [0.2, 0.25) is 0 Å². The molecular weight excluding hydrogens is 322 g/mol. The van der Waals surface area contributed by atoms with Crippen LogP contribution in [0.25, 0.3) is 0 Å². The molecule has 1 saturated carbocycles. The first kappa shape index (κ1) is 16.9. The number of thiazole rings is 1. The Morgan fingerprint density at radius 1 is 1.33 bits per heavy atom. The van der Waals surface area contributed by atoms with Crippen LogP contribution in [0.5, 0.6) is 0 Å². The SMILES string of the molecule is CCC(NC1CC(NC(=O)OCc2ccccc2)C1)c1nccs1. The lowest BCUT2D eigenvalue weighted by Crippen LogP contribution is -2.53. The Labute approximate surface area is 146 Å². The Morgan fingerprint density at radius 3 is 2.79 bits per heavy atom. The van der Waals surface area contributed by atoms with Crippen LogP contribution >= 0.6 is 11.3 Å². The molecule has 1 heterocycles. The summed E-state index contributed by atoms with van der Waals surface area (Å²) >= 11 is 1.68. The molecule has 2 N–H and O–H groups in total.